The largest absolute Gasteiger partial charge is 0.368 e. The molecule has 2 aromatic rings. The number of para-hydroxylation sites is 1. The molecule has 0 saturated carbocycles. The van der Waals surface area contributed by atoms with E-state index in [1.54, 1.807) is 23.1 Å². The van der Waals surface area contributed by atoms with Crippen LogP contribution < -0.4 is 10.2 Å². The number of piperidine rings is 1. The molecule has 2 fully saturated rings. The van der Waals surface area contributed by atoms with Crippen LogP contribution in [0.5, 0.6) is 0 Å². The van der Waals surface area contributed by atoms with Gasteiger partial charge in [-0.1, -0.05) is 42.8 Å². The Balaban J connectivity index is 1.32. The summed E-state index contributed by atoms with van der Waals surface area (Å²) in [7, 11) is -3.78. The molecule has 9 heteroatoms. The predicted molar refractivity (Wildman–Crippen MR) is 126 cm³/mol. The van der Waals surface area contributed by atoms with Crippen molar-refractivity contribution in [2.45, 2.75) is 30.2 Å². The number of carbonyl (C=O) groups is 2. The molecular formula is C24H30N4O4S. The lowest BCUT2D eigenvalue weighted by Crippen LogP contribution is -2.55. The smallest absolute Gasteiger partial charge is 0.243 e. The van der Waals surface area contributed by atoms with Crippen LogP contribution in [0.4, 0.5) is 5.69 Å². The van der Waals surface area contributed by atoms with Crippen molar-refractivity contribution >= 4 is 27.5 Å². The molecule has 4 rings (SSSR count). The first-order chi connectivity index (χ1) is 16.0. The Morgan fingerprint density at radius 3 is 2.15 bits per heavy atom. The van der Waals surface area contributed by atoms with E-state index in [0.29, 0.717) is 32.5 Å². The summed E-state index contributed by atoms with van der Waals surface area (Å²) in [6.07, 6.45) is 1.93. The Labute approximate surface area is 195 Å². The molecule has 1 unspecified atom stereocenters. The quantitative estimate of drug-likeness (QED) is 0.694. The highest BCUT2D eigenvalue weighted by Gasteiger charge is 2.37. The maximum Gasteiger partial charge on any atom is 0.243 e. The number of hydrogen-bond donors (Lipinski definition) is 1. The predicted octanol–water partition coefficient (Wildman–Crippen LogP) is 1.69. The number of nitrogens with one attached hydrogen (secondary N) is 1. The van der Waals surface area contributed by atoms with Crippen LogP contribution in [0.15, 0.2) is 65.6 Å². The van der Waals surface area contributed by atoms with Crippen LogP contribution in [-0.2, 0) is 19.6 Å². The molecule has 2 aromatic carbocycles. The number of anilines is 1. The standard InChI is InChI=1S/C24H30N4O4S/c29-23(27-17-15-26(16-18-27)20-9-3-1-4-10-20)19-25-24(30)22-13-7-8-14-28(22)33(31,32)21-11-5-2-6-12-21/h1-6,9-12,22H,7-8,13-19H2,(H,25,30). The Morgan fingerprint density at radius 1 is 0.848 bits per heavy atom. The average molecular weight is 471 g/mol. The van der Waals surface area contributed by atoms with Crippen molar-refractivity contribution in [3.05, 3.63) is 60.7 Å². The highest BCUT2D eigenvalue weighted by atomic mass is 32.2. The second kappa shape index (κ2) is 10.4. The van der Waals surface area contributed by atoms with Crippen molar-refractivity contribution < 1.29 is 18.0 Å². The van der Waals surface area contributed by atoms with Crippen molar-refractivity contribution in [1.82, 2.24) is 14.5 Å². The highest BCUT2D eigenvalue weighted by Crippen LogP contribution is 2.25. The molecule has 0 aromatic heterocycles. The minimum absolute atomic E-state index is 0.125. The van der Waals surface area contributed by atoms with Gasteiger partial charge in [0.1, 0.15) is 6.04 Å². The Kier molecular flexibility index (Phi) is 7.29. The number of piperazine rings is 1. The zero-order valence-electron chi connectivity index (χ0n) is 18.6. The van der Waals surface area contributed by atoms with Gasteiger partial charge in [-0.2, -0.15) is 4.31 Å². The summed E-state index contributed by atoms with van der Waals surface area (Å²) < 4.78 is 27.5. The molecule has 8 nitrogen and oxygen atoms in total. The van der Waals surface area contributed by atoms with E-state index in [1.807, 2.05) is 18.2 Å². The monoisotopic (exact) mass is 470 g/mol. The van der Waals surface area contributed by atoms with Gasteiger partial charge >= 0.3 is 0 Å². The van der Waals surface area contributed by atoms with Gasteiger partial charge in [0.2, 0.25) is 21.8 Å². The summed E-state index contributed by atoms with van der Waals surface area (Å²) in [5.74, 6) is -0.560. The van der Waals surface area contributed by atoms with Crippen molar-refractivity contribution in [1.29, 1.82) is 0 Å². The third kappa shape index (κ3) is 5.36. The SMILES string of the molecule is O=C(NCC(=O)N1CCN(c2ccccc2)CC1)C1CCCCN1S(=O)(=O)c1ccccc1. The molecule has 2 heterocycles. The minimum atomic E-state index is -3.78. The lowest BCUT2D eigenvalue weighted by molar-refractivity contribution is -0.134. The van der Waals surface area contributed by atoms with Gasteiger partial charge in [-0.15, -0.1) is 0 Å². The van der Waals surface area contributed by atoms with Gasteiger partial charge in [0.15, 0.2) is 0 Å². The number of benzene rings is 2. The zero-order chi connectivity index (χ0) is 23.3. The molecule has 0 bridgehead atoms. The molecule has 2 amide bonds. The van der Waals surface area contributed by atoms with Gasteiger partial charge in [-0.25, -0.2) is 8.42 Å². The summed E-state index contributed by atoms with van der Waals surface area (Å²) in [6.45, 7) is 2.80. The number of carbonyl (C=O) groups excluding carboxylic acids is 2. The molecule has 1 atom stereocenters. The molecule has 2 aliphatic rings. The summed E-state index contributed by atoms with van der Waals surface area (Å²) in [5.41, 5.74) is 1.13. The van der Waals surface area contributed by atoms with Crippen molar-refractivity contribution in [2.75, 3.05) is 44.2 Å². The van der Waals surface area contributed by atoms with Crippen molar-refractivity contribution in [2.24, 2.45) is 0 Å². The lowest BCUT2D eigenvalue weighted by Gasteiger charge is -2.36. The molecule has 1 N–H and O–H groups in total. The van der Waals surface area contributed by atoms with Gasteiger partial charge in [-0.05, 0) is 37.1 Å². The molecule has 0 radical (unpaired) electrons. The lowest BCUT2D eigenvalue weighted by atomic mass is 10.0. The van der Waals surface area contributed by atoms with E-state index in [9.17, 15) is 18.0 Å². The number of amides is 2. The minimum Gasteiger partial charge on any atom is -0.368 e. The first-order valence-electron chi connectivity index (χ1n) is 11.4. The molecule has 0 spiro atoms. The summed E-state index contributed by atoms with van der Waals surface area (Å²) >= 11 is 0. The number of sulfonamides is 1. The van der Waals surface area contributed by atoms with E-state index >= 15 is 0 Å². The van der Waals surface area contributed by atoms with E-state index in [4.69, 9.17) is 0 Å². The molecule has 2 saturated heterocycles. The van der Waals surface area contributed by atoms with Crippen LogP contribution in [0, 0.1) is 0 Å². The third-order valence-corrected chi connectivity index (χ3v) is 8.20. The van der Waals surface area contributed by atoms with E-state index < -0.39 is 22.0 Å². The van der Waals surface area contributed by atoms with Crippen LogP contribution in [0.2, 0.25) is 0 Å². The Bertz CT molecular complexity index is 1050. The first-order valence-corrected chi connectivity index (χ1v) is 12.8. The second-order valence-corrected chi connectivity index (χ2v) is 10.3. The van der Waals surface area contributed by atoms with E-state index in [0.717, 1.165) is 25.2 Å². The van der Waals surface area contributed by atoms with Gasteiger partial charge in [0.25, 0.3) is 0 Å². The first kappa shape index (κ1) is 23.3. The zero-order valence-corrected chi connectivity index (χ0v) is 19.4. The molecular weight excluding hydrogens is 440 g/mol. The fraction of sp³-hybridized carbons (Fsp3) is 0.417. The number of nitrogens with zero attached hydrogens (tertiary/aromatic N) is 3. The van der Waals surface area contributed by atoms with Crippen LogP contribution in [-0.4, -0.2) is 74.7 Å². The third-order valence-electron chi connectivity index (χ3n) is 6.27. The normalized spacial score (nSPS) is 19.8. The molecule has 176 valence electrons. The summed E-state index contributed by atoms with van der Waals surface area (Å²) in [6, 6.07) is 17.4. The van der Waals surface area contributed by atoms with Gasteiger partial charge in [0.05, 0.1) is 11.4 Å². The maximum absolute atomic E-state index is 13.1. The van der Waals surface area contributed by atoms with E-state index in [2.05, 4.69) is 22.3 Å². The maximum atomic E-state index is 13.1. The molecule has 33 heavy (non-hydrogen) atoms. The van der Waals surface area contributed by atoms with Gasteiger partial charge in [-0.3, -0.25) is 9.59 Å². The molecule has 2 aliphatic heterocycles. The number of rotatable bonds is 6. The van der Waals surface area contributed by atoms with Crippen LogP contribution >= 0.6 is 0 Å². The van der Waals surface area contributed by atoms with Gasteiger partial charge < -0.3 is 15.1 Å². The van der Waals surface area contributed by atoms with Crippen LogP contribution in [0.1, 0.15) is 19.3 Å². The fourth-order valence-electron chi connectivity index (χ4n) is 4.43. The topological polar surface area (TPSA) is 90.0 Å². The average Bonchev–Trinajstić information content (AvgIpc) is 2.88. The summed E-state index contributed by atoms with van der Waals surface area (Å²) in [4.78, 5) is 29.8. The van der Waals surface area contributed by atoms with Crippen molar-refractivity contribution in [3.8, 4) is 0 Å². The second-order valence-electron chi connectivity index (χ2n) is 8.36. The Morgan fingerprint density at radius 2 is 1.48 bits per heavy atom. The highest BCUT2D eigenvalue weighted by molar-refractivity contribution is 7.89. The fourth-order valence-corrected chi connectivity index (χ4v) is 6.11. The summed E-state index contributed by atoms with van der Waals surface area (Å²) in [5, 5.41) is 2.70. The van der Waals surface area contributed by atoms with Crippen molar-refractivity contribution in [3.63, 3.8) is 0 Å². The molecule has 0 aliphatic carbocycles. The van der Waals surface area contributed by atoms with Crippen LogP contribution in [0.3, 0.4) is 0 Å². The Hall–Kier alpha value is -2.91. The van der Waals surface area contributed by atoms with Crippen LogP contribution in [0.25, 0.3) is 0 Å². The van der Waals surface area contributed by atoms with E-state index in [1.165, 1.54) is 16.4 Å². The van der Waals surface area contributed by atoms with Gasteiger partial charge in [0, 0.05) is 38.4 Å². The number of hydrogen-bond acceptors (Lipinski definition) is 5. The van der Waals surface area contributed by atoms with E-state index in [-0.39, 0.29) is 17.3 Å².